The van der Waals surface area contributed by atoms with Gasteiger partial charge in [-0.2, -0.15) is 0 Å². The first-order valence-corrected chi connectivity index (χ1v) is 7.20. The van der Waals surface area contributed by atoms with Gasteiger partial charge < -0.3 is 20.1 Å². The first kappa shape index (κ1) is 17.3. The Morgan fingerprint density at radius 3 is 2.62 bits per heavy atom. The third kappa shape index (κ3) is 4.63. The highest BCUT2D eigenvalue weighted by Gasteiger charge is 2.19. The van der Waals surface area contributed by atoms with E-state index in [4.69, 9.17) is 15.2 Å². The average Bonchev–Trinajstić information content (AvgIpc) is 2.51. The summed E-state index contributed by atoms with van der Waals surface area (Å²) in [5.74, 6) is 1.45. The van der Waals surface area contributed by atoms with Gasteiger partial charge in [0, 0.05) is 25.1 Å². The molecule has 0 saturated heterocycles. The van der Waals surface area contributed by atoms with Crippen molar-refractivity contribution < 1.29 is 14.3 Å². The molecule has 0 bridgehead atoms. The van der Waals surface area contributed by atoms with Gasteiger partial charge in [0.15, 0.2) is 11.5 Å². The molecule has 5 heteroatoms. The van der Waals surface area contributed by atoms with E-state index in [1.165, 1.54) is 0 Å². The quantitative estimate of drug-likeness (QED) is 0.797. The molecule has 1 aromatic rings. The molecule has 0 heterocycles. The molecule has 0 aliphatic carbocycles. The van der Waals surface area contributed by atoms with E-state index >= 15 is 0 Å². The van der Waals surface area contributed by atoms with Crippen molar-refractivity contribution in [2.75, 3.05) is 27.8 Å². The summed E-state index contributed by atoms with van der Waals surface area (Å²) in [6.07, 6.45) is 1.68. The molecular formula is C16H26N2O3. The zero-order chi connectivity index (χ0) is 15.8. The van der Waals surface area contributed by atoms with Crippen LogP contribution in [0.5, 0.6) is 11.5 Å². The second kappa shape index (κ2) is 8.52. The Hall–Kier alpha value is -1.75. The van der Waals surface area contributed by atoms with E-state index in [0.717, 1.165) is 18.4 Å². The van der Waals surface area contributed by atoms with Crippen molar-refractivity contribution in [1.29, 1.82) is 0 Å². The lowest BCUT2D eigenvalue weighted by atomic mass is 10.0. The fraction of sp³-hybridized carbons (Fsp3) is 0.562. The Bertz CT molecular complexity index is 463. The van der Waals surface area contributed by atoms with Gasteiger partial charge in [-0.1, -0.05) is 19.1 Å². The Kier molecular flexibility index (Phi) is 7.02. The zero-order valence-electron chi connectivity index (χ0n) is 13.4. The predicted octanol–water partition coefficient (Wildman–Crippen LogP) is 2.04. The van der Waals surface area contributed by atoms with Gasteiger partial charge in [0.25, 0.3) is 0 Å². The number of carbonyl (C=O) groups is 1. The fourth-order valence-corrected chi connectivity index (χ4v) is 2.34. The molecule has 2 N–H and O–H groups in total. The van der Waals surface area contributed by atoms with Crippen molar-refractivity contribution in [2.45, 2.75) is 26.3 Å². The normalized spacial score (nSPS) is 11.9. The Labute approximate surface area is 127 Å². The van der Waals surface area contributed by atoms with Gasteiger partial charge in [-0.25, -0.2) is 0 Å². The second-order valence-corrected chi connectivity index (χ2v) is 5.18. The van der Waals surface area contributed by atoms with Gasteiger partial charge in [0.2, 0.25) is 5.91 Å². The standard InChI is InChI=1S/C16H26N2O3/c1-12(7-6-10-17)16(19)18(2)11-13-8-5-9-14(20-3)15(13)21-4/h5,8-9,12H,6-7,10-11,17H2,1-4H3. The first-order valence-electron chi connectivity index (χ1n) is 7.20. The molecule has 1 amide bonds. The molecular weight excluding hydrogens is 268 g/mol. The first-order chi connectivity index (χ1) is 10.0. The molecule has 0 aliphatic heterocycles. The third-order valence-corrected chi connectivity index (χ3v) is 3.53. The van der Waals surface area contributed by atoms with E-state index in [0.29, 0.717) is 24.6 Å². The van der Waals surface area contributed by atoms with E-state index in [-0.39, 0.29) is 11.8 Å². The number of para-hydroxylation sites is 1. The maximum absolute atomic E-state index is 12.3. The van der Waals surface area contributed by atoms with Gasteiger partial charge in [-0.3, -0.25) is 4.79 Å². The van der Waals surface area contributed by atoms with Crippen molar-refractivity contribution in [3.05, 3.63) is 23.8 Å². The lowest BCUT2D eigenvalue weighted by molar-refractivity contribution is -0.134. The lowest BCUT2D eigenvalue weighted by Crippen LogP contribution is -2.31. The smallest absolute Gasteiger partial charge is 0.225 e. The molecule has 0 aromatic heterocycles. The van der Waals surface area contributed by atoms with Crippen LogP contribution >= 0.6 is 0 Å². The number of benzene rings is 1. The number of amides is 1. The van der Waals surface area contributed by atoms with E-state index < -0.39 is 0 Å². The topological polar surface area (TPSA) is 64.8 Å². The molecule has 0 radical (unpaired) electrons. The minimum Gasteiger partial charge on any atom is -0.493 e. The molecule has 1 aromatic carbocycles. The summed E-state index contributed by atoms with van der Waals surface area (Å²) in [4.78, 5) is 14.0. The predicted molar refractivity (Wildman–Crippen MR) is 83.5 cm³/mol. The molecule has 118 valence electrons. The molecule has 1 rings (SSSR count). The van der Waals surface area contributed by atoms with E-state index in [1.54, 1.807) is 26.2 Å². The Morgan fingerprint density at radius 1 is 1.33 bits per heavy atom. The number of carbonyl (C=O) groups excluding carboxylic acids is 1. The molecule has 5 nitrogen and oxygen atoms in total. The summed E-state index contributed by atoms with van der Waals surface area (Å²) in [6, 6.07) is 5.68. The van der Waals surface area contributed by atoms with Crippen LogP contribution in [0.15, 0.2) is 18.2 Å². The third-order valence-electron chi connectivity index (χ3n) is 3.53. The highest BCUT2D eigenvalue weighted by Crippen LogP contribution is 2.31. The number of nitrogens with two attached hydrogens (primary N) is 1. The zero-order valence-corrected chi connectivity index (χ0v) is 13.4. The molecule has 0 fully saturated rings. The van der Waals surface area contributed by atoms with Crippen molar-refractivity contribution >= 4 is 5.91 Å². The van der Waals surface area contributed by atoms with Crippen molar-refractivity contribution in [3.8, 4) is 11.5 Å². The van der Waals surface area contributed by atoms with Crippen LogP contribution in [0.25, 0.3) is 0 Å². The van der Waals surface area contributed by atoms with Crippen LogP contribution in [-0.4, -0.2) is 38.6 Å². The molecule has 1 atom stereocenters. The number of hydrogen-bond donors (Lipinski definition) is 1. The summed E-state index contributed by atoms with van der Waals surface area (Å²) < 4.78 is 10.7. The van der Waals surface area contributed by atoms with Gasteiger partial charge in [0.05, 0.1) is 14.2 Å². The molecule has 0 aliphatic rings. The highest BCUT2D eigenvalue weighted by atomic mass is 16.5. The largest absolute Gasteiger partial charge is 0.493 e. The number of hydrogen-bond acceptors (Lipinski definition) is 4. The van der Waals surface area contributed by atoms with Crippen LogP contribution in [0.2, 0.25) is 0 Å². The monoisotopic (exact) mass is 294 g/mol. The Morgan fingerprint density at radius 2 is 2.05 bits per heavy atom. The summed E-state index contributed by atoms with van der Waals surface area (Å²) in [6.45, 7) is 3.05. The minimum atomic E-state index is -0.0184. The van der Waals surface area contributed by atoms with Crippen LogP contribution in [0.4, 0.5) is 0 Å². The van der Waals surface area contributed by atoms with Gasteiger partial charge >= 0.3 is 0 Å². The second-order valence-electron chi connectivity index (χ2n) is 5.18. The summed E-state index contributed by atoms with van der Waals surface area (Å²) in [5.41, 5.74) is 6.42. The minimum absolute atomic E-state index is 0.0184. The fourth-order valence-electron chi connectivity index (χ4n) is 2.34. The van der Waals surface area contributed by atoms with Gasteiger partial charge in [-0.05, 0) is 25.5 Å². The highest BCUT2D eigenvalue weighted by molar-refractivity contribution is 5.78. The van der Waals surface area contributed by atoms with Crippen LogP contribution in [0, 0.1) is 5.92 Å². The molecule has 1 unspecified atom stereocenters. The van der Waals surface area contributed by atoms with Crippen LogP contribution in [0.3, 0.4) is 0 Å². The number of methoxy groups -OCH3 is 2. The lowest BCUT2D eigenvalue weighted by Gasteiger charge is -2.23. The summed E-state index contributed by atoms with van der Waals surface area (Å²) in [7, 11) is 5.01. The number of ether oxygens (including phenoxy) is 2. The number of nitrogens with zero attached hydrogens (tertiary/aromatic N) is 1. The van der Waals surface area contributed by atoms with Gasteiger partial charge in [-0.15, -0.1) is 0 Å². The molecule has 0 spiro atoms. The van der Waals surface area contributed by atoms with E-state index in [9.17, 15) is 4.79 Å². The molecule has 21 heavy (non-hydrogen) atoms. The summed E-state index contributed by atoms with van der Waals surface area (Å²) >= 11 is 0. The van der Waals surface area contributed by atoms with Crippen LogP contribution in [0.1, 0.15) is 25.3 Å². The van der Waals surface area contributed by atoms with Gasteiger partial charge in [0.1, 0.15) is 0 Å². The maximum atomic E-state index is 12.3. The van der Waals surface area contributed by atoms with E-state index in [2.05, 4.69) is 0 Å². The van der Waals surface area contributed by atoms with Crippen LogP contribution < -0.4 is 15.2 Å². The van der Waals surface area contributed by atoms with Crippen molar-refractivity contribution in [1.82, 2.24) is 4.90 Å². The van der Waals surface area contributed by atoms with E-state index in [1.807, 2.05) is 25.1 Å². The Balaban J connectivity index is 2.78. The van der Waals surface area contributed by atoms with Crippen molar-refractivity contribution in [3.63, 3.8) is 0 Å². The maximum Gasteiger partial charge on any atom is 0.225 e. The summed E-state index contributed by atoms with van der Waals surface area (Å²) in [5, 5.41) is 0. The molecule has 0 saturated carbocycles. The van der Waals surface area contributed by atoms with Crippen LogP contribution in [-0.2, 0) is 11.3 Å². The SMILES string of the molecule is COc1cccc(CN(C)C(=O)C(C)CCCN)c1OC. The average molecular weight is 294 g/mol. The number of rotatable bonds is 8. The van der Waals surface area contributed by atoms with Crippen molar-refractivity contribution in [2.24, 2.45) is 11.7 Å².